The molecule has 1 aliphatic carbocycles. The van der Waals surface area contributed by atoms with Crippen LogP contribution in [-0.4, -0.2) is 44.8 Å². The summed E-state index contributed by atoms with van der Waals surface area (Å²) in [5.74, 6) is 2.82. The van der Waals surface area contributed by atoms with Gasteiger partial charge in [-0.25, -0.2) is 9.97 Å². The standard InChI is InChI=1S/C11H15N3.C2H6O3S/c1-2-8-4-12-11(13-5-8)14-6-9-3-10(9)7-14;1-5-6(2,3)4/h4-5,9-10H,2-3,6-7H2,1H3;1-2H3. The molecule has 1 aromatic heterocycles. The minimum Gasteiger partial charge on any atom is -0.340 e. The van der Waals surface area contributed by atoms with Crippen molar-refractivity contribution in [1.29, 1.82) is 0 Å². The zero-order valence-corrected chi connectivity index (χ0v) is 12.9. The third-order valence-corrected chi connectivity index (χ3v) is 4.27. The Morgan fingerprint density at radius 1 is 1.30 bits per heavy atom. The topological polar surface area (TPSA) is 72.4 Å². The Kier molecular flexibility index (Phi) is 4.59. The van der Waals surface area contributed by atoms with E-state index in [9.17, 15) is 8.42 Å². The number of aromatic nitrogens is 2. The van der Waals surface area contributed by atoms with Gasteiger partial charge in [-0.3, -0.25) is 4.18 Å². The summed E-state index contributed by atoms with van der Waals surface area (Å²) < 4.78 is 23.5. The number of hydrogen-bond donors (Lipinski definition) is 0. The van der Waals surface area contributed by atoms with Gasteiger partial charge in [0.2, 0.25) is 5.95 Å². The molecular weight excluding hydrogens is 278 g/mol. The van der Waals surface area contributed by atoms with Crippen molar-refractivity contribution in [2.75, 3.05) is 31.4 Å². The number of nitrogens with zero attached hydrogens (tertiary/aromatic N) is 3. The highest BCUT2D eigenvalue weighted by atomic mass is 32.2. The normalized spacial score (nSPS) is 23.9. The monoisotopic (exact) mass is 299 g/mol. The lowest BCUT2D eigenvalue weighted by Gasteiger charge is -2.17. The van der Waals surface area contributed by atoms with Gasteiger partial charge in [-0.05, 0) is 30.2 Å². The molecule has 2 atom stereocenters. The van der Waals surface area contributed by atoms with Gasteiger partial charge in [0.15, 0.2) is 0 Å². The maximum absolute atomic E-state index is 9.78. The van der Waals surface area contributed by atoms with E-state index in [1.165, 1.54) is 25.1 Å². The molecule has 0 amide bonds. The molecule has 0 bridgehead atoms. The second-order valence-corrected chi connectivity index (χ2v) is 7.02. The minimum absolute atomic E-state index is 0.925. The Morgan fingerprint density at radius 3 is 2.20 bits per heavy atom. The summed E-state index contributed by atoms with van der Waals surface area (Å²) in [5, 5.41) is 0. The summed E-state index contributed by atoms with van der Waals surface area (Å²) in [6.07, 6.45) is 7.35. The first-order chi connectivity index (χ1) is 9.43. The predicted octanol–water partition coefficient (Wildman–Crippen LogP) is 1.09. The first-order valence-electron chi connectivity index (χ1n) is 6.74. The second-order valence-electron chi connectivity index (χ2n) is 5.28. The van der Waals surface area contributed by atoms with E-state index in [1.807, 2.05) is 12.4 Å². The number of fused-ring (bicyclic) bond motifs is 1. The maximum atomic E-state index is 9.78. The van der Waals surface area contributed by atoms with E-state index in [4.69, 9.17) is 0 Å². The van der Waals surface area contributed by atoms with Crippen molar-refractivity contribution >= 4 is 16.1 Å². The highest BCUT2D eigenvalue weighted by Gasteiger charge is 2.45. The van der Waals surface area contributed by atoms with Gasteiger partial charge in [0.25, 0.3) is 10.1 Å². The van der Waals surface area contributed by atoms with Crippen LogP contribution >= 0.6 is 0 Å². The number of anilines is 1. The van der Waals surface area contributed by atoms with Crippen LogP contribution in [0.2, 0.25) is 0 Å². The van der Waals surface area contributed by atoms with E-state index in [2.05, 4.69) is 26.0 Å². The highest BCUT2D eigenvalue weighted by Crippen LogP contribution is 2.45. The fourth-order valence-corrected chi connectivity index (χ4v) is 2.26. The van der Waals surface area contributed by atoms with Crippen LogP contribution in [0, 0.1) is 11.8 Å². The molecule has 7 heteroatoms. The van der Waals surface area contributed by atoms with Gasteiger partial charge < -0.3 is 4.90 Å². The van der Waals surface area contributed by atoms with Gasteiger partial charge in [-0.2, -0.15) is 8.42 Å². The summed E-state index contributed by atoms with van der Waals surface area (Å²) >= 11 is 0. The molecule has 2 unspecified atom stereocenters. The van der Waals surface area contributed by atoms with E-state index < -0.39 is 10.1 Å². The zero-order chi connectivity index (χ0) is 14.8. The molecule has 6 nitrogen and oxygen atoms in total. The van der Waals surface area contributed by atoms with Gasteiger partial charge in [0.05, 0.1) is 13.4 Å². The van der Waals surface area contributed by atoms with Crippen molar-refractivity contribution in [3.63, 3.8) is 0 Å². The summed E-state index contributed by atoms with van der Waals surface area (Å²) in [7, 11) is -2.04. The molecule has 0 radical (unpaired) electrons. The van der Waals surface area contributed by atoms with Crippen molar-refractivity contribution in [1.82, 2.24) is 9.97 Å². The van der Waals surface area contributed by atoms with Crippen molar-refractivity contribution in [3.05, 3.63) is 18.0 Å². The van der Waals surface area contributed by atoms with Crippen LogP contribution in [0.4, 0.5) is 5.95 Å². The molecular formula is C13H21N3O3S. The molecule has 1 aliphatic heterocycles. The largest absolute Gasteiger partial charge is 0.340 e. The van der Waals surface area contributed by atoms with E-state index in [1.54, 1.807) is 0 Å². The number of piperidine rings is 1. The summed E-state index contributed by atoms with van der Waals surface area (Å²) in [4.78, 5) is 11.1. The van der Waals surface area contributed by atoms with Crippen LogP contribution < -0.4 is 4.90 Å². The molecule has 0 aromatic carbocycles. The lowest BCUT2D eigenvalue weighted by molar-refractivity contribution is 0.403. The Hall–Kier alpha value is -1.21. The lowest BCUT2D eigenvalue weighted by Crippen LogP contribution is -2.23. The van der Waals surface area contributed by atoms with Gasteiger partial charge in [0, 0.05) is 25.5 Å². The summed E-state index contributed by atoms with van der Waals surface area (Å²) in [6.45, 7) is 4.48. The SMILES string of the molecule is CCc1cnc(N2CC3CC3C2)nc1.COS(C)(=O)=O. The maximum Gasteiger partial charge on any atom is 0.264 e. The number of hydrogen-bond acceptors (Lipinski definition) is 6. The molecule has 1 aromatic rings. The Bertz CT molecular complexity index is 534. The quantitative estimate of drug-likeness (QED) is 0.778. The molecule has 0 N–H and O–H groups in total. The van der Waals surface area contributed by atoms with Gasteiger partial charge in [-0.15, -0.1) is 0 Å². The molecule has 2 heterocycles. The summed E-state index contributed by atoms with van der Waals surface area (Å²) in [6, 6.07) is 0. The van der Waals surface area contributed by atoms with Crippen LogP contribution in [0.3, 0.4) is 0 Å². The first kappa shape index (κ1) is 15.2. The predicted molar refractivity (Wildman–Crippen MR) is 77.1 cm³/mol. The van der Waals surface area contributed by atoms with E-state index in [0.29, 0.717) is 0 Å². The molecule has 2 fully saturated rings. The van der Waals surface area contributed by atoms with Crippen LogP contribution in [0.5, 0.6) is 0 Å². The van der Waals surface area contributed by atoms with Crippen LogP contribution in [0.25, 0.3) is 0 Å². The van der Waals surface area contributed by atoms with Crippen molar-refractivity contribution in [2.45, 2.75) is 19.8 Å². The van der Waals surface area contributed by atoms with Crippen LogP contribution in [-0.2, 0) is 20.7 Å². The average molecular weight is 299 g/mol. The van der Waals surface area contributed by atoms with Gasteiger partial charge >= 0.3 is 0 Å². The Morgan fingerprint density at radius 2 is 1.80 bits per heavy atom. The second kappa shape index (κ2) is 6.05. The van der Waals surface area contributed by atoms with Gasteiger partial charge in [-0.1, -0.05) is 6.92 Å². The molecule has 3 rings (SSSR count). The first-order valence-corrected chi connectivity index (χ1v) is 8.56. The highest BCUT2D eigenvalue weighted by molar-refractivity contribution is 7.85. The Balaban J connectivity index is 0.000000212. The Labute approximate surface area is 120 Å². The molecule has 1 saturated heterocycles. The van der Waals surface area contributed by atoms with E-state index >= 15 is 0 Å². The molecule has 20 heavy (non-hydrogen) atoms. The third-order valence-electron chi connectivity index (χ3n) is 3.66. The van der Waals surface area contributed by atoms with Crippen molar-refractivity contribution in [3.8, 4) is 0 Å². The fraction of sp³-hybridized carbons (Fsp3) is 0.692. The number of aryl methyl sites for hydroxylation is 1. The fourth-order valence-electron chi connectivity index (χ4n) is 2.26. The molecule has 1 saturated carbocycles. The molecule has 2 aliphatic rings. The lowest BCUT2D eigenvalue weighted by atomic mass is 10.3. The van der Waals surface area contributed by atoms with Crippen LogP contribution in [0.1, 0.15) is 18.9 Å². The third kappa shape index (κ3) is 4.14. The average Bonchev–Trinajstić information content (AvgIpc) is 3.05. The summed E-state index contributed by atoms with van der Waals surface area (Å²) in [5.41, 5.74) is 1.22. The zero-order valence-electron chi connectivity index (χ0n) is 12.1. The van der Waals surface area contributed by atoms with E-state index in [-0.39, 0.29) is 0 Å². The minimum atomic E-state index is -3.16. The molecule has 112 valence electrons. The van der Waals surface area contributed by atoms with Gasteiger partial charge in [0.1, 0.15) is 0 Å². The van der Waals surface area contributed by atoms with Crippen LogP contribution in [0.15, 0.2) is 12.4 Å². The van der Waals surface area contributed by atoms with E-state index in [0.717, 1.165) is 37.6 Å². The van der Waals surface area contributed by atoms with Crippen molar-refractivity contribution in [2.24, 2.45) is 11.8 Å². The van der Waals surface area contributed by atoms with Crippen molar-refractivity contribution < 1.29 is 12.6 Å². The molecule has 0 spiro atoms. The smallest absolute Gasteiger partial charge is 0.264 e. The number of rotatable bonds is 3.